The molecule has 2 aliphatic heterocycles. The van der Waals surface area contributed by atoms with Gasteiger partial charge in [0.25, 0.3) is 0 Å². The maximum atomic E-state index is 12.2. The van der Waals surface area contributed by atoms with Crippen molar-refractivity contribution in [2.45, 2.75) is 51.0 Å². The van der Waals surface area contributed by atoms with Gasteiger partial charge < -0.3 is 9.64 Å². The zero-order chi connectivity index (χ0) is 14.3. The number of amides is 1. The second-order valence-electron chi connectivity index (χ2n) is 6.27. The Morgan fingerprint density at radius 2 is 2.10 bits per heavy atom. The number of carbonyl (C=O) groups is 3. The van der Waals surface area contributed by atoms with Gasteiger partial charge in [0, 0.05) is 30.8 Å². The van der Waals surface area contributed by atoms with Crippen LogP contribution in [-0.4, -0.2) is 41.3 Å². The van der Waals surface area contributed by atoms with Crippen LogP contribution in [-0.2, 0) is 19.1 Å². The fourth-order valence-electron chi connectivity index (χ4n) is 4.24. The van der Waals surface area contributed by atoms with E-state index in [1.165, 1.54) is 0 Å². The first-order valence-corrected chi connectivity index (χ1v) is 7.54. The molecule has 2 heterocycles. The van der Waals surface area contributed by atoms with Crippen LogP contribution in [0.2, 0.25) is 0 Å². The van der Waals surface area contributed by atoms with Crippen molar-refractivity contribution in [2.75, 3.05) is 13.2 Å². The molecule has 3 aliphatic rings. The molecule has 0 N–H and O–H groups in total. The summed E-state index contributed by atoms with van der Waals surface area (Å²) in [5.41, 5.74) is -0.0825. The Morgan fingerprint density at radius 3 is 2.85 bits per heavy atom. The Morgan fingerprint density at radius 1 is 1.35 bits per heavy atom. The summed E-state index contributed by atoms with van der Waals surface area (Å²) in [5, 5.41) is 0. The minimum Gasteiger partial charge on any atom is -0.466 e. The lowest BCUT2D eigenvalue weighted by Gasteiger charge is -2.51. The van der Waals surface area contributed by atoms with Crippen molar-refractivity contribution in [2.24, 2.45) is 11.8 Å². The Hall–Kier alpha value is -1.39. The van der Waals surface area contributed by atoms with E-state index in [2.05, 4.69) is 0 Å². The number of Topliss-reactive ketones (excluding diaryl/α,β-unsaturated/α-hetero) is 1. The predicted octanol–water partition coefficient (Wildman–Crippen LogP) is 1.30. The maximum absolute atomic E-state index is 12.2. The highest BCUT2D eigenvalue weighted by atomic mass is 16.5. The van der Waals surface area contributed by atoms with E-state index >= 15 is 0 Å². The van der Waals surface area contributed by atoms with Crippen LogP contribution >= 0.6 is 0 Å². The van der Waals surface area contributed by atoms with E-state index in [0.717, 1.165) is 19.3 Å². The van der Waals surface area contributed by atoms with Crippen molar-refractivity contribution in [3.63, 3.8) is 0 Å². The molecule has 5 nitrogen and oxygen atoms in total. The first-order chi connectivity index (χ1) is 9.55. The summed E-state index contributed by atoms with van der Waals surface area (Å²) in [5.74, 6) is 0.0814. The minimum atomic E-state index is -0.255. The average molecular weight is 279 g/mol. The molecule has 0 aromatic heterocycles. The number of piperidine rings is 1. The van der Waals surface area contributed by atoms with Gasteiger partial charge in [-0.25, -0.2) is 0 Å². The Bertz CT molecular complexity index is 461. The number of ketones is 1. The monoisotopic (exact) mass is 279 g/mol. The summed E-state index contributed by atoms with van der Waals surface area (Å²) in [7, 11) is 0. The quantitative estimate of drug-likeness (QED) is 0.730. The lowest BCUT2D eigenvalue weighted by molar-refractivity contribution is -0.153. The molecule has 0 radical (unpaired) electrons. The topological polar surface area (TPSA) is 63.7 Å². The summed E-state index contributed by atoms with van der Waals surface area (Å²) in [6, 6.07) is 0. The van der Waals surface area contributed by atoms with Gasteiger partial charge in [0.2, 0.25) is 5.91 Å². The average Bonchev–Trinajstić information content (AvgIpc) is 2.72. The molecule has 5 heteroatoms. The number of nitrogens with zero attached hydrogens (tertiary/aromatic N) is 1. The molecule has 3 atom stereocenters. The van der Waals surface area contributed by atoms with Gasteiger partial charge in [-0.15, -0.1) is 0 Å². The van der Waals surface area contributed by atoms with E-state index in [1.807, 2.05) is 4.90 Å². The number of ether oxygens (including phenoxy) is 1. The van der Waals surface area contributed by atoms with E-state index in [9.17, 15) is 14.4 Å². The third-order valence-corrected chi connectivity index (χ3v) is 5.25. The molecule has 1 saturated carbocycles. The first-order valence-electron chi connectivity index (χ1n) is 7.54. The highest BCUT2D eigenvalue weighted by molar-refractivity contribution is 5.86. The molecule has 3 rings (SSSR count). The molecule has 2 saturated heterocycles. The largest absolute Gasteiger partial charge is 0.466 e. The molecule has 20 heavy (non-hydrogen) atoms. The third kappa shape index (κ3) is 2.03. The Balaban J connectivity index is 1.80. The number of fused-ring (bicyclic) bond motifs is 1. The molecule has 3 fully saturated rings. The molecule has 1 spiro atoms. The summed E-state index contributed by atoms with van der Waals surface area (Å²) >= 11 is 0. The van der Waals surface area contributed by atoms with Crippen LogP contribution in [0.1, 0.15) is 45.4 Å². The molecule has 0 aromatic rings. The SMILES string of the molecule is CCOC(=O)C[C@@H]1CN2C(=O)CCC23CCC(=O)C1C3. The van der Waals surface area contributed by atoms with Crippen molar-refractivity contribution in [3.05, 3.63) is 0 Å². The van der Waals surface area contributed by atoms with Gasteiger partial charge in [0.15, 0.2) is 0 Å². The van der Waals surface area contributed by atoms with Crippen LogP contribution in [0.25, 0.3) is 0 Å². The maximum Gasteiger partial charge on any atom is 0.306 e. The second kappa shape index (κ2) is 4.86. The van der Waals surface area contributed by atoms with Gasteiger partial charge >= 0.3 is 5.97 Å². The van der Waals surface area contributed by atoms with Crippen molar-refractivity contribution < 1.29 is 19.1 Å². The lowest BCUT2D eigenvalue weighted by Crippen LogP contribution is -2.59. The van der Waals surface area contributed by atoms with Gasteiger partial charge in [0.1, 0.15) is 5.78 Å². The molecule has 1 amide bonds. The number of carbonyl (C=O) groups excluding carboxylic acids is 3. The highest BCUT2D eigenvalue weighted by Gasteiger charge is 2.55. The van der Waals surface area contributed by atoms with Gasteiger partial charge in [-0.2, -0.15) is 0 Å². The van der Waals surface area contributed by atoms with Crippen LogP contribution in [0.4, 0.5) is 0 Å². The van der Waals surface area contributed by atoms with E-state index in [1.54, 1.807) is 6.92 Å². The molecule has 2 unspecified atom stereocenters. The third-order valence-electron chi connectivity index (χ3n) is 5.25. The van der Waals surface area contributed by atoms with Crippen molar-refractivity contribution >= 4 is 17.7 Å². The van der Waals surface area contributed by atoms with Gasteiger partial charge in [-0.3, -0.25) is 14.4 Å². The van der Waals surface area contributed by atoms with E-state index in [4.69, 9.17) is 4.74 Å². The number of hydrogen-bond donors (Lipinski definition) is 0. The fourth-order valence-corrected chi connectivity index (χ4v) is 4.24. The normalized spacial score (nSPS) is 36.0. The molecular formula is C15H21NO4. The number of rotatable bonds is 3. The van der Waals surface area contributed by atoms with Crippen LogP contribution in [0.3, 0.4) is 0 Å². The van der Waals surface area contributed by atoms with Crippen molar-refractivity contribution in [1.82, 2.24) is 4.90 Å². The minimum absolute atomic E-state index is 0.0583. The van der Waals surface area contributed by atoms with E-state index < -0.39 is 0 Å². The van der Waals surface area contributed by atoms with Gasteiger partial charge in [-0.1, -0.05) is 0 Å². The van der Waals surface area contributed by atoms with Crippen LogP contribution in [0, 0.1) is 11.8 Å². The van der Waals surface area contributed by atoms with Crippen molar-refractivity contribution in [1.29, 1.82) is 0 Å². The smallest absolute Gasteiger partial charge is 0.306 e. The molecule has 0 aromatic carbocycles. The summed E-state index contributed by atoms with van der Waals surface area (Å²) in [6.07, 6.45) is 3.83. The second-order valence-corrected chi connectivity index (χ2v) is 6.27. The van der Waals surface area contributed by atoms with Crippen molar-refractivity contribution in [3.8, 4) is 0 Å². The van der Waals surface area contributed by atoms with Gasteiger partial charge in [-0.05, 0) is 32.1 Å². The Labute approximate surface area is 118 Å². The highest BCUT2D eigenvalue weighted by Crippen LogP contribution is 2.50. The number of esters is 1. The zero-order valence-electron chi connectivity index (χ0n) is 11.9. The van der Waals surface area contributed by atoms with Crippen LogP contribution < -0.4 is 0 Å². The lowest BCUT2D eigenvalue weighted by atomic mass is 9.65. The molecule has 110 valence electrons. The number of hydrogen-bond acceptors (Lipinski definition) is 4. The molecular weight excluding hydrogens is 258 g/mol. The Kier molecular flexibility index (Phi) is 3.30. The molecule has 1 aliphatic carbocycles. The standard InChI is InChI=1S/C15H21NO4/c1-2-20-14(19)7-10-9-16-13(18)4-6-15(16)5-3-12(17)11(10)8-15/h10-11H,2-9H2,1H3/t10-,11?,15?/m1/s1. The first kappa shape index (κ1) is 13.6. The predicted molar refractivity (Wildman–Crippen MR) is 70.8 cm³/mol. The zero-order valence-corrected chi connectivity index (χ0v) is 11.9. The van der Waals surface area contributed by atoms with Crippen LogP contribution in [0.5, 0.6) is 0 Å². The fraction of sp³-hybridized carbons (Fsp3) is 0.800. The van der Waals surface area contributed by atoms with Gasteiger partial charge in [0.05, 0.1) is 13.0 Å². The molecule has 2 bridgehead atoms. The summed E-state index contributed by atoms with van der Waals surface area (Å²) in [6.45, 7) is 2.68. The summed E-state index contributed by atoms with van der Waals surface area (Å²) in [4.78, 5) is 37.9. The summed E-state index contributed by atoms with van der Waals surface area (Å²) < 4.78 is 5.00. The van der Waals surface area contributed by atoms with Crippen LogP contribution in [0.15, 0.2) is 0 Å². The van der Waals surface area contributed by atoms with E-state index in [0.29, 0.717) is 26.0 Å². The van der Waals surface area contributed by atoms with E-state index in [-0.39, 0.29) is 41.5 Å².